The second-order valence-corrected chi connectivity index (χ2v) is 17.7. The molecule has 0 spiro atoms. The first-order valence-corrected chi connectivity index (χ1v) is 20.4. The third kappa shape index (κ3) is 9.99. The Kier molecular flexibility index (Phi) is 11.5. The van der Waals surface area contributed by atoms with Crippen LogP contribution in [-0.4, -0.2) is 88.6 Å². The van der Waals surface area contributed by atoms with Gasteiger partial charge in [-0.1, -0.05) is 74.0 Å². The molecule has 2 saturated carbocycles. The van der Waals surface area contributed by atoms with Crippen LogP contribution in [0.2, 0.25) is 5.15 Å². The molecule has 0 radical (unpaired) electrons. The Balaban J connectivity index is 1.28. The predicted octanol–water partition coefficient (Wildman–Crippen LogP) is 4.59. The summed E-state index contributed by atoms with van der Waals surface area (Å²) in [6, 6.07) is 8.45. The normalized spacial score (nSPS) is 27.2. The van der Waals surface area contributed by atoms with Crippen LogP contribution >= 0.6 is 11.6 Å². The minimum atomic E-state index is -4.46. The molecule has 3 N–H and O–H groups in total. The third-order valence-corrected chi connectivity index (χ3v) is 11.5. The van der Waals surface area contributed by atoms with Crippen LogP contribution in [0, 0.1) is 5.92 Å². The Hall–Kier alpha value is -4.02. The smallest absolute Gasteiger partial charge is 0.408 e. The molecule has 5 atom stereocenters. The van der Waals surface area contributed by atoms with E-state index in [4.69, 9.17) is 25.3 Å². The van der Waals surface area contributed by atoms with Crippen LogP contribution in [0.1, 0.15) is 98.3 Å². The molecular formula is C37H49ClN6O9S. The van der Waals surface area contributed by atoms with Gasteiger partial charge in [0.1, 0.15) is 34.5 Å². The number of alkyl carbamates (subject to hydrolysis) is 1. The summed E-state index contributed by atoms with van der Waals surface area (Å²) in [5.41, 5.74) is -2.50. The van der Waals surface area contributed by atoms with Crippen molar-refractivity contribution in [3.8, 4) is 17.3 Å². The first-order chi connectivity index (χ1) is 25.4. The largest absolute Gasteiger partial charge is 0.472 e. The van der Waals surface area contributed by atoms with Crippen molar-refractivity contribution in [3.05, 3.63) is 41.6 Å². The summed E-state index contributed by atoms with van der Waals surface area (Å²) < 4.78 is 44.8. The maximum Gasteiger partial charge on any atom is 0.408 e. The van der Waals surface area contributed by atoms with Crippen molar-refractivity contribution in [2.24, 2.45) is 5.92 Å². The highest BCUT2D eigenvalue weighted by molar-refractivity contribution is 7.85. The van der Waals surface area contributed by atoms with Crippen LogP contribution < -0.4 is 20.1 Å². The van der Waals surface area contributed by atoms with Crippen LogP contribution in [0.25, 0.3) is 11.4 Å². The number of halogens is 1. The van der Waals surface area contributed by atoms with Gasteiger partial charge >= 0.3 is 16.4 Å². The van der Waals surface area contributed by atoms with Gasteiger partial charge in [-0.05, 0) is 65.7 Å². The van der Waals surface area contributed by atoms with E-state index in [1.807, 2.05) is 30.3 Å². The predicted molar refractivity (Wildman–Crippen MR) is 197 cm³/mol. The number of carbonyl (C=O) groups is 4. The fourth-order valence-corrected chi connectivity index (χ4v) is 8.44. The highest BCUT2D eigenvalue weighted by Gasteiger charge is 2.62. The van der Waals surface area contributed by atoms with Crippen molar-refractivity contribution in [2.45, 2.75) is 133 Å². The highest BCUT2D eigenvalue weighted by atomic mass is 35.5. The number of benzene rings is 1. The zero-order chi connectivity index (χ0) is 38.9. The number of carbonyl (C=O) groups excluding carboxylic acids is 4. The summed E-state index contributed by atoms with van der Waals surface area (Å²) in [6.45, 7) is 6.74. The fourth-order valence-electron chi connectivity index (χ4n) is 7.12. The summed E-state index contributed by atoms with van der Waals surface area (Å²) in [4.78, 5) is 65.7. The van der Waals surface area contributed by atoms with Gasteiger partial charge in [-0.3, -0.25) is 14.4 Å². The lowest BCUT2D eigenvalue weighted by molar-refractivity contribution is -0.141. The van der Waals surface area contributed by atoms with Crippen molar-refractivity contribution in [1.29, 1.82) is 0 Å². The molecular weight excluding hydrogens is 740 g/mol. The Bertz CT molecular complexity index is 1860. The quantitative estimate of drug-likeness (QED) is 0.317. The molecule has 54 heavy (non-hydrogen) atoms. The van der Waals surface area contributed by atoms with Gasteiger partial charge in [0.05, 0.1) is 12.1 Å². The lowest BCUT2D eigenvalue weighted by Crippen LogP contribution is -2.58. The third-order valence-electron chi connectivity index (χ3n) is 10.2. The average Bonchev–Trinajstić information content (AvgIpc) is 3.94. The average molecular weight is 789 g/mol. The minimum Gasteiger partial charge on any atom is -0.472 e. The zero-order valence-corrected chi connectivity index (χ0v) is 32.6. The second kappa shape index (κ2) is 15.6. The van der Waals surface area contributed by atoms with E-state index >= 15 is 0 Å². The van der Waals surface area contributed by atoms with Crippen LogP contribution in [0.15, 0.2) is 36.4 Å². The summed E-state index contributed by atoms with van der Waals surface area (Å²) >= 11 is 6.36. The van der Waals surface area contributed by atoms with Gasteiger partial charge in [0, 0.05) is 18.1 Å². The van der Waals surface area contributed by atoms with Gasteiger partial charge in [0.2, 0.25) is 17.7 Å². The number of nitrogens with zero attached hydrogens (tertiary/aromatic N) is 3. The van der Waals surface area contributed by atoms with Gasteiger partial charge in [-0.15, -0.1) is 0 Å². The lowest BCUT2D eigenvalue weighted by Gasteiger charge is -2.30. The molecule has 17 heteroatoms. The Morgan fingerprint density at radius 3 is 2.39 bits per heavy atom. The van der Waals surface area contributed by atoms with Gasteiger partial charge in [-0.25, -0.2) is 18.7 Å². The fraction of sp³-hybridized carbons (Fsp3) is 0.622. The van der Waals surface area contributed by atoms with Gasteiger partial charge in [0.15, 0.2) is 5.82 Å². The van der Waals surface area contributed by atoms with E-state index in [1.165, 1.54) is 11.0 Å². The molecule has 1 aromatic carbocycles. The number of rotatable bonds is 8. The first kappa shape index (κ1) is 39.7. The Labute approximate surface area is 320 Å². The van der Waals surface area contributed by atoms with Crippen molar-refractivity contribution >= 4 is 45.7 Å². The number of hydrogen-bond donors (Lipinski definition) is 3. The summed E-state index contributed by atoms with van der Waals surface area (Å²) in [6.07, 6.45) is 4.54. The van der Waals surface area contributed by atoms with E-state index in [1.54, 1.807) is 27.7 Å². The van der Waals surface area contributed by atoms with Crippen LogP contribution in [-0.2, 0) is 33.6 Å². The van der Waals surface area contributed by atoms with Gasteiger partial charge < -0.3 is 25.0 Å². The van der Waals surface area contributed by atoms with E-state index in [0.29, 0.717) is 43.5 Å². The molecule has 1 aromatic heterocycles. The SMILES string of the molecule is CC(C)(C)OC(=O)N[C@H]1CCCCCCC[C@@H]2C[C@@]2(C(=O)NS(=O)(=O)OC2(C)CC2)NC(=O)[C@@H]2C[C@@H](Oc3cc(Cl)nc(-c4ccccc4)n3)CN2C1=O. The zero-order valence-electron chi connectivity index (χ0n) is 31.1. The molecule has 6 rings (SSSR count). The number of aromatic nitrogens is 2. The highest BCUT2D eigenvalue weighted by Crippen LogP contribution is 2.48. The van der Waals surface area contributed by atoms with E-state index < -0.39 is 69.0 Å². The molecule has 2 saturated heterocycles. The summed E-state index contributed by atoms with van der Waals surface area (Å²) in [5, 5.41) is 5.72. The topological polar surface area (TPSA) is 195 Å². The molecule has 2 aromatic rings. The number of amides is 4. The number of ether oxygens (including phenoxy) is 2. The maximum absolute atomic E-state index is 14.4. The number of hydrogen-bond acceptors (Lipinski definition) is 11. The number of nitrogens with one attached hydrogen (secondary N) is 3. The van der Waals surface area contributed by atoms with Crippen molar-refractivity contribution in [2.75, 3.05) is 6.54 Å². The monoisotopic (exact) mass is 788 g/mol. The van der Waals surface area contributed by atoms with Gasteiger partial charge in [0.25, 0.3) is 5.91 Å². The molecule has 3 heterocycles. The van der Waals surface area contributed by atoms with Crippen LogP contribution in [0.5, 0.6) is 5.88 Å². The van der Waals surface area contributed by atoms with Crippen LogP contribution in [0.3, 0.4) is 0 Å². The molecule has 4 amide bonds. The standard InChI is InChI=1S/C37H49ClN6O9S/c1-35(2,3)52-34(48)39-26-16-12-7-5-6-11-15-24-21-37(24,33(47)43-54(49,50)53-36(4)17-18-36)42-31(45)27-19-25(22-44(27)32(26)46)51-29-20-28(38)40-30(41-29)23-13-9-8-10-14-23/h8-10,13-14,20,24-27H,5-7,11-12,15-19,21-22H2,1-4H3,(H,39,48)(H,42,45)(H,43,47)/t24-,25-,26+,27+,37-/m1/s1. The van der Waals surface area contributed by atoms with Gasteiger partial charge in [-0.2, -0.15) is 13.4 Å². The molecule has 294 valence electrons. The van der Waals surface area contributed by atoms with Crippen LogP contribution in [0.4, 0.5) is 4.79 Å². The lowest BCUT2D eigenvalue weighted by atomic mass is 10.0. The van der Waals surface area contributed by atoms with E-state index in [-0.39, 0.29) is 36.3 Å². The Morgan fingerprint density at radius 2 is 1.70 bits per heavy atom. The van der Waals surface area contributed by atoms with E-state index in [9.17, 15) is 27.6 Å². The molecule has 4 aliphatic rings. The molecule has 15 nitrogen and oxygen atoms in total. The first-order valence-electron chi connectivity index (χ1n) is 18.6. The summed E-state index contributed by atoms with van der Waals surface area (Å²) in [7, 11) is -4.46. The molecule has 2 aliphatic heterocycles. The number of fused-ring (bicyclic) bond motifs is 2. The second-order valence-electron chi connectivity index (χ2n) is 16.0. The van der Waals surface area contributed by atoms with Crippen molar-refractivity contribution in [1.82, 2.24) is 30.2 Å². The van der Waals surface area contributed by atoms with Crippen molar-refractivity contribution < 1.29 is 41.3 Å². The van der Waals surface area contributed by atoms with E-state index in [2.05, 4.69) is 25.3 Å². The maximum atomic E-state index is 14.4. The molecule has 0 bridgehead atoms. The van der Waals surface area contributed by atoms with Crippen molar-refractivity contribution in [3.63, 3.8) is 0 Å². The molecule has 0 unspecified atom stereocenters. The molecule has 4 fully saturated rings. The summed E-state index contributed by atoms with van der Waals surface area (Å²) in [5.74, 6) is -1.93. The Morgan fingerprint density at radius 1 is 1.02 bits per heavy atom. The minimum absolute atomic E-state index is 0.00114. The van der Waals surface area contributed by atoms with E-state index in [0.717, 1.165) is 25.7 Å². The molecule has 2 aliphatic carbocycles.